The lowest BCUT2D eigenvalue weighted by Crippen LogP contribution is -2.59. The highest BCUT2D eigenvalue weighted by molar-refractivity contribution is 8.00. The average Bonchev–Trinajstić information content (AvgIpc) is 3.34. The maximum Gasteiger partial charge on any atom is 0.258 e. The Bertz CT molecular complexity index is 1500. The fourth-order valence-corrected chi connectivity index (χ4v) is 6.51. The first-order chi connectivity index (χ1) is 21.4. The van der Waals surface area contributed by atoms with Crippen molar-refractivity contribution in [1.29, 1.82) is 0 Å². The second-order valence-electron chi connectivity index (χ2n) is 12.2. The lowest BCUT2D eigenvalue weighted by atomic mass is 9.97. The summed E-state index contributed by atoms with van der Waals surface area (Å²) < 4.78 is 5.27. The average molecular weight is 633 g/mol. The van der Waals surface area contributed by atoms with Gasteiger partial charge in [-0.3, -0.25) is 14.4 Å². The van der Waals surface area contributed by atoms with Crippen LogP contribution in [0.2, 0.25) is 0 Å². The Morgan fingerprint density at radius 1 is 1.02 bits per heavy atom. The van der Waals surface area contributed by atoms with Crippen molar-refractivity contribution in [3.63, 3.8) is 0 Å². The van der Waals surface area contributed by atoms with Gasteiger partial charge >= 0.3 is 0 Å². The molecule has 0 aromatic heterocycles. The van der Waals surface area contributed by atoms with Crippen LogP contribution in [0.3, 0.4) is 0 Å². The Balaban J connectivity index is 1.49. The molecule has 240 valence electrons. The highest BCUT2D eigenvalue weighted by Gasteiger charge is 2.49. The molecule has 3 N–H and O–H groups in total. The fourth-order valence-electron chi connectivity index (χ4n) is 5.37. The Morgan fingerprint density at radius 3 is 2.40 bits per heavy atom. The van der Waals surface area contributed by atoms with Crippen molar-refractivity contribution >= 4 is 35.2 Å². The first-order valence-electron chi connectivity index (χ1n) is 15.1. The monoisotopic (exact) mass is 632 g/mol. The number of amides is 3. The summed E-state index contributed by atoms with van der Waals surface area (Å²) in [5.41, 5.74) is 4.70. The molecular formula is C35H44N4O5S. The fraction of sp³-hybridized carbons (Fsp3) is 0.400. The summed E-state index contributed by atoms with van der Waals surface area (Å²) in [6.07, 6.45) is -1.38. The van der Waals surface area contributed by atoms with Crippen LogP contribution in [0.1, 0.15) is 36.1 Å². The molecule has 1 heterocycles. The number of thioether (sulfide) groups is 1. The smallest absolute Gasteiger partial charge is 0.258 e. The van der Waals surface area contributed by atoms with E-state index in [4.69, 9.17) is 4.74 Å². The summed E-state index contributed by atoms with van der Waals surface area (Å²) in [5.74, 6) is -0.561. The zero-order chi connectivity index (χ0) is 32.7. The molecule has 1 aliphatic heterocycles. The molecule has 1 fully saturated rings. The molecule has 0 spiro atoms. The largest absolute Gasteiger partial charge is 0.483 e. The number of hydrogen-bond acceptors (Lipinski definition) is 7. The number of nitrogens with zero attached hydrogens (tertiary/aromatic N) is 2. The molecular weight excluding hydrogens is 588 g/mol. The summed E-state index contributed by atoms with van der Waals surface area (Å²) in [4.78, 5) is 44.0. The molecule has 0 aliphatic carbocycles. The molecule has 1 aliphatic rings. The quantitative estimate of drug-likeness (QED) is 0.278. The minimum Gasteiger partial charge on any atom is -0.483 e. The van der Waals surface area contributed by atoms with Crippen LogP contribution in [-0.2, 0) is 27.3 Å². The van der Waals surface area contributed by atoms with Gasteiger partial charge in [-0.15, -0.1) is 11.8 Å². The Labute approximate surface area is 270 Å². The number of aliphatic hydroxyl groups is 1. The van der Waals surface area contributed by atoms with Crippen molar-refractivity contribution in [1.82, 2.24) is 15.5 Å². The number of benzene rings is 3. The number of ether oxygens (including phenoxy) is 1. The molecule has 0 bridgehead atoms. The highest BCUT2D eigenvalue weighted by Crippen LogP contribution is 2.40. The second kappa shape index (κ2) is 14.8. The van der Waals surface area contributed by atoms with E-state index in [0.29, 0.717) is 12.3 Å². The Kier molecular flexibility index (Phi) is 11.2. The molecule has 4 rings (SSSR count). The molecule has 1 saturated heterocycles. The van der Waals surface area contributed by atoms with Crippen molar-refractivity contribution in [3.05, 3.63) is 95.1 Å². The van der Waals surface area contributed by atoms with Gasteiger partial charge in [0.2, 0.25) is 5.91 Å². The van der Waals surface area contributed by atoms with Crippen LogP contribution in [0.4, 0.5) is 5.69 Å². The van der Waals surface area contributed by atoms with E-state index in [1.807, 2.05) is 119 Å². The molecule has 3 aromatic rings. The van der Waals surface area contributed by atoms with Crippen molar-refractivity contribution in [2.75, 3.05) is 31.5 Å². The topological polar surface area (TPSA) is 111 Å². The van der Waals surface area contributed by atoms with Gasteiger partial charge in [-0.2, -0.15) is 0 Å². The van der Waals surface area contributed by atoms with Crippen LogP contribution >= 0.6 is 11.8 Å². The maximum absolute atomic E-state index is 13.9. The van der Waals surface area contributed by atoms with Crippen LogP contribution in [-0.4, -0.2) is 77.2 Å². The van der Waals surface area contributed by atoms with Gasteiger partial charge in [0, 0.05) is 37.1 Å². The van der Waals surface area contributed by atoms with Gasteiger partial charge in [-0.25, -0.2) is 0 Å². The SMILES string of the molecule is Cc1ccccc1CNC(=O)[C@H]1N(C(=O)[C@@H](O)[C@H](Cc2ccccc2)NC(=O)COc2cc(N(C)C)ccc2C)CSC1(C)C. The van der Waals surface area contributed by atoms with E-state index in [9.17, 15) is 19.5 Å². The van der Waals surface area contributed by atoms with Crippen molar-refractivity contribution < 1.29 is 24.2 Å². The van der Waals surface area contributed by atoms with Gasteiger partial charge in [0.25, 0.3) is 11.8 Å². The third-order valence-corrected chi connectivity index (χ3v) is 9.49. The molecule has 10 heteroatoms. The Hall–Kier alpha value is -4.02. The van der Waals surface area contributed by atoms with Crippen molar-refractivity contribution in [2.24, 2.45) is 0 Å². The minimum atomic E-state index is -1.59. The number of carbonyl (C=O) groups is 3. The molecule has 3 aromatic carbocycles. The summed E-state index contributed by atoms with van der Waals surface area (Å²) in [5, 5.41) is 17.3. The van der Waals surface area contributed by atoms with Gasteiger partial charge in [-0.1, -0.05) is 60.7 Å². The molecule has 0 unspecified atom stereocenters. The maximum atomic E-state index is 13.9. The lowest BCUT2D eigenvalue weighted by Gasteiger charge is -2.33. The van der Waals surface area contributed by atoms with Crippen molar-refractivity contribution in [3.8, 4) is 5.75 Å². The molecule has 9 nitrogen and oxygen atoms in total. The summed E-state index contributed by atoms with van der Waals surface area (Å²) >= 11 is 1.48. The third-order valence-electron chi connectivity index (χ3n) is 8.12. The number of hydrogen-bond donors (Lipinski definition) is 3. The highest BCUT2D eigenvalue weighted by atomic mass is 32.2. The summed E-state index contributed by atoms with van der Waals surface area (Å²) in [7, 11) is 3.85. The van der Waals surface area contributed by atoms with E-state index >= 15 is 0 Å². The molecule has 0 saturated carbocycles. The lowest BCUT2D eigenvalue weighted by molar-refractivity contribution is -0.148. The van der Waals surface area contributed by atoms with E-state index in [1.54, 1.807) is 0 Å². The second-order valence-corrected chi connectivity index (χ2v) is 13.8. The number of carbonyl (C=O) groups excluding carboxylic acids is 3. The molecule has 45 heavy (non-hydrogen) atoms. The van der Waals surface area contributed by atoms with Crippen LogP contribution in [0.5, 0.6) is 5.75 Å². The van der Waals surface area contributed by atoms with Gasteiger partial charge in [0.15, 0.2) is 12.7 Å². The number of aliphatic hydroxyl groups excluding tert-OH is 1. The first kappa shape index (κ1) is 33.9. The Morgan fingerprint density at radius 2 is 1.71 bits per heavy atom. The van der Waals surface area contributed by atoms with Gasteiger partial charge in [0.05, 0.1) is 11.9 Å². The molecule has 0 radical (unpaired) electrons. The van der Waals surface area contributed by atoms with E-state index in [-0.39, 0.29) is 24.8 Å². The predicted molar refractivity (Wildman–Crippen MR) is 179 cm³/mol. The van der Waals surface area contributed by atoms with E-state index in [0.717, 1.165) is 27.9 Å². The molecule has 3 atom stereocenters. The van der Waals surface area contributed by atoms with Gasteiger partial charge in [0.1, 0.15) is 11.8 Å². The summed E-state index contributed by atoms with van der Waals surface area (Å²) in [6, 6.07) is 21.1. The minimum absolute atomic E-state index is 0.211. The van der Waals surface area contributed by atoms with Crippen LogP contribution in [0, 0.1) is 13.8 Å². The standard InChI is InChI=1S/C35H44N4O5S/c1-23-12-10-11-15-26(23)20-36-33(42)32-35(3,4)45-22-39(32)34(43)31(41)28(18-25-13-8-7-9-14-25)37-30(40)21-44-29-19-27(38(5)6)17-16-24(29)2/h7-17,19,28,31-32,41H,18,20-22H2,1-6H3,(H,36,42)(H,37,40)/t28-,31-,32+/m0/s1. The predicted octanol–water partition coefficient (Wildman–Crippen LogP) is 3.83. The van der Waals surface area contributed by atoms with Gasteiger partial charge < -0.3 is 30.3 Å². The zero-order valence-corrected chi connectivity index (χ0v) is 27.7. The zero-order valence-electron chi connectivity index (χ0n) is 26.9. The van der Waals surface area contributed by atoms with E-state index in [2.05, 4.69) is 10.6 Å². The van der Waals surface area contributed by atoms with Gasteiger partial charge in [-0.05, 0) is 62.4 Å². The number of rotatable bonds is 12. The normalized spacial score (nSPS) is 16.9. The number of anilines is 1. The molecule has 3 amide bonds. The van der Waals surface area contributed by atoms with E-state index < -0.39 is 34.7 Å². The number of aryl methyl sites for hydroxylation is 2. The third kappa shape index (κ3) is 8.58. The summed E-state index contributed by atoms with van der Waals surface area (Å²) in [6.45, 7) is 7.76. The van der Waals surface area contributed by atoms with Crippen LogP contribution in [0.25, 0.3) is 0 Å². The van der Waals surface area contributed by atoms with Crippen LogP contribution in [0.15, 0.2) is 72.8 Å². The van der Waals surface area contributed by atoms with Crippen LogP contribution < -0.4 is 20.3 Å². The van der Waals surface area contributed by atoms with Crippen molar-refractivity contribution in [2.45, 2.75) is 63.6 Å². The first-order valence-corrected chi connectivity index (χ1v) is 16.0. The number of nitrogens with one attached hydrogen (secondary N) is 2. The van der Waals surface area contributed by atoms with E-state index in [1.165, 1.54) is 16.7 Å².